The second-order valence-electron chi connectivity index (χ2n) is 5.68. The number of halogens is 3. The summed E-state index contributed by atoms with van der Waals surface area (Å²) in [6.45, 7) is -0.254. The van der Waals surface area contributed by atoms with Crippen LogP contribution >= 0.6 is 0 Å². The predicted octanol–water partition coefficient (Wildman–Crippen LogP) is 4.06. The lowest BCUT2D eigenvalue weighted by Gasteiger charge is -2.20. The molecular weight excluding hydrogens is 383 g/mol. The van der Waals surface area contributed by atoms with E-state index in [4.69, 9.17) is 10.00 Å². The van der Waals surface area contributed by atoms with Gasteiger partial charge in [-0.05, 0) is 42.0 Å². The second-order valence-corrected chi connectivity index (χ2v) is 7.32. The van der Waals surface area contributed by atoms with Gasteiger partial charge in [0, 0.05) is 6.42 Å². The van der Waals surface area contributed by atoms with Crippen molar-refractivity contribution in [2.24, 2.45) is 0 Å². The van der Waals surface area contributed by atoms with E-state index in [1.54, 1.807) is 0 Å². The summed E-state index contributed by atoms with van der Waals surface area (Å²) in [7, 11) is -3.69. The summed E-state index contributed by atoms with van der Waals surface area (Å²) in [6, 6.07) is 12.6. The predicted molar refractivity (Wildman–Crippen MR) is 91.4 cm³/mol. The average Bonchev–Trinajstić information content (AvgIpc) is 2.60. The molecule has 2 aromatic rings. The minimum absolute atomic E-state index is 0.00832. The Bertz CT molecular complexity index is 919. The number of ether oxygens (including phenoxy) is 1. The summed E-state index contributed by atoms with van der Waals surface area (Å²) in [5.74, 6) is 0.329. The van der Waals surface area contributed by atoms with E-state index in [-0.39, 0.29) is 18.6 Å². The number of hydrogen-bond donors (Lipinski definition) is 0. The van der Waals surface area contributed by atoms with Gasteiger partial charge in [0.05, 0.1) is 30.1 Å². The highest BCUT2D eigenvalue weighted by molar-refractivity contribution is 7.85. The van der Waals surface area contributed by atoms with Crippen LogP contribution in [0.5, 0.6) is 5.75 Å². The Balaban J connectivity index is 2.27. The minimum atomic E-state index is -4.52. The molecule has 0 aliphatic heterocycles. The van der Waals surface area contributed by atoms with E-state index in [0.717, 1.165) is 18.4 Å². The van der Waals surface area contributed by atoms with E-state index in [9.17, 15) is 21.6 Å². The van der Waals surface area contributed by atoms with E-state index in [1.807, 2.05) is 6.07 Å². The van der Waals surface area contributed by atoms with Gasteiger partial charge in [0.25, 0.3) is 10.1 Å². The zero-order valence-corrected chi connectivity index (χ0v) is 15.0. The smallest absolute Gasteiger partial charge is 0.416 e. The van der Waals surface area contributed by atoms with Crippen LogP contribution in [0.3, 0.4) is 0 Å². The molecule has 0 bridgehead atoms. The van der Waals surface area contributed by atoms with Gasteiger partial charge in [-0.15, -0.1) is 0 Å². The average molecular weight is 399 g/mol. The SMILES string of the molecule is CS(=O)(=O)OCCC(Oc1ccc(C#N)cc1)c1cccc(C(F)(F)F)c1. The highest BCUT2D eigenvalue weighted by Crippen LogP contribution is 2.33. The summed E-state index contributed by atoms with van der Waals surface area (Å²) in [5, 5.41) is 8.82. The van der Waals surface area contributed by atoms with Crippen molar-refractivity contribution >= 4 is 10.1 Å². The first kappa shape index (κ1) is 20.7. The molecule has 0 saturated heterocycles. The third-order valence-electron chi connectivity index (χ3n) is 3.52. The Labute approximate surface area is 155 Å². The van der Waals surface area contributed by atoms with Crippen LogP contribution in [0.15, 0.2) is 48.5 Å². The fraction of sp³-hybridized carbons (Fsp3) is 0.278. The van der Waals surface area contributed by atoms with E-state index in [2.05, 4.69) is 4.18 Å². The van der Waals surface area contributed by atoms with Crippen molar-refractivity contribution in [1.82, 2.24) is 0 Å². The van der Waals surface area contributed by atoms with Crippen molar-refractivity contribution in [3.63, 3.8) is 0 Å². The fourth-order valence-electron chi connectivity index (χ4n) is 2.29. The number of alkyl halides is 3. The van der Waals surface area contributed by atoms with Gasteiger partial charge in [0.2, 0.25) is 0 Å². The Morgan fingerprint density at radius 2 is 1.81 bits per heavy atom. The fourth-order valence-corrected chi connectivity index (χ4v) is 2.69. The molecule has 0 amide bonds. The lowest BCUT2D eigenvalue weighted by Crippen LogP contribution is -2.14. The van der Waals surface area contributed by atoms with Crippen LogP contribution in [0.4, 0.5) is 13.2 Å². The van der Waals surface area contributed by atoms with Gasteiger partial charge in [-0.25, -0.2) is 0 Å². The molecule has 0 fully saturated rings. The monoisotopic (exact) mass is 399 g/mol. The molecule has 1 unspecified atom stereocenters. The molecule has 0 radical (unpaired) electrons. The van der Waals surface area contributed by atoms with Crippen LogP contribution in [0.2, 0.25) is 0 Å². The molecule has 9 heteroatoms. The molecule has 144 valence electrons. The van der Waals surface area contributed by atoms with E-state index in [1.165, 1.54) is 36.4 Å². The van der Waals surface area contributed by atoms with Crippen LogP contribution in [0.1, 0.15) is 29.2 Å². The minimum Gasteiger partial charge on any atom is -0.486 e. The van der Waals surface area contributed by atoms with Gasteiger partial charge in [0.15, 0.2) is 0 Å². The van der Waals surface area contributed by atoms with E-state index < -0.39 is 28.0 Å². The molecule has 2 rings (SSSR count). The Hall–Kier alpha value is -2.57. The summed E-state index contributed by atoms with van der Waals surface area (Å²) in [6.07, 6.45) is -4.50. The molecule has 0 N–H and O–H groups in total. The summed E-state index contributed by atoms with van der Waals surface area (Å²) >= 11 is 0. The quantitative estimate of drug-likeness (QED) is 0.656. The van der Waals surface area contributed by atoms with Crippen molar-refractivity contribution < 1.29 is 30.5 Å². The van der Waals surface area contributed by atoms with Gasteiger partial charge in [-0.1, -0.05) is 12.1 Å². The first-order chi connectivity index (χ1) is 12.6. The normalized spacial score (nSPS) is 13.0. The van der Waals surface area contributed by atoms with Gasteiger partial charge < -0.3 is 4.74 Å². The van der Waals surface area contributed by atoms with Crippen molar-refractivity contribution in [2.75, 3.05) is 12.9 Å². The molecule has 27 heavy (non-hydrogen) atoms. The van der Waals surface area contributed by atoms with Crippen LogP contribution < -0.4 is 4.74 Å². The maximum atomic E-state index is 13.0. The maximum Gasteiger partial charge on any atom is 0.416 e. The summed E-state index contributed by atoms with van der Waals surface area (Å²) in [4.78, 5) is 0. The van der Waals surface area contributed by atoms with Crippen LogP contribution in [-0.2, 0) is 20.5 Å². The standard InChI is InChI=1S/C18H16F3NO4S/c1-27(23,24)25-10-9-17(26-16-7-5-13(12-22)6-8-16)14-3-2-4-15(11-14)18(19,20)21/h2-8,11,17H,9-10H2,1H3. The zero-order chi connectivity index (χ0) is 20.1. The molecule has 0 aliphatic rings. The topological polar surface area (TPSA) is 76.4 Å². The number of benzene rings is 2. The Morgan fingerprint density at radius 3 is 2.37 bits per heavy atom. The lowest BCUT2D eigenvalue weighted by molar-refractivity contribution is -0.137. The third-order valence-corrected chi connectivity index (χ3v) is 4.12. The number of rotatable bonds is 7. The summed E-state index contributed by atoms with van der Waals surface area (Å²) < 4.78 is 71.6. The van der Waals surface area contributed by atoms with Crippen molar-refractivity contribution in [3.8, 4) is 11.8 Å². The molecule has 0 aromatic heterocycles. The molecule has 5 nitrogen and oxygen atoms in total. The van der Waals surface area contributed by atoms with Gasteiger partial charge in [-0.3, -0.25) is 4.18 Å². The molecule has 0 saturated carbocycles. The number of nitrogens with zero attached hydrogens (tertiary/aromatic N) is 1. The van der Waals surface area contributed by atoms with Gasteiger partial charge in [0.1, 0.15) is 11.9 Å². The largest absolute Gasteiger partial charge is 0.486 e. The molecule has 2 aromatic carbocycles. The van der Waals surface area contributed by atoms with Crippen molar-refractivity contribution in [1.29, 1.82) is 5.26 Å². The number of hydrogen-bond acceptors (Lipinski definition) is 5. The number of nitriles is 1. The van der Waals surface area contributed by atoms with Gasteiger partial charge in [-0.2, -0.15) is 26.9 Å². The Morgan fingerprint density at radius 1 is 1.15 bits per heavy atom. The second kappa shape index (κ2) is 8.41. The van der Waals surface area contributed by atoms with E-state index >= 15 is 0 Å². The van der Waals surface area contributed by atoms with Crippen LogP contribution in [-0.4, -0.2) is 21.3 Å². The lowest BCUT2D eigenvalue weighted by atomic mass is 10.0. The molecule has 0 spiro atoms. The Kier molecular flexibility index (Phi) is 6.46. The van der Waals surface area contributed by atoms with E-state index in [0.29, 0.717) is 11.3 Å². The third kappa shape index (κ3) is 6.58. The zero-order valence-electron chi connectivity index (χ0n) is 14.2. The first-order valence-corrected chi connectivity index (χ1v) is 9.58. The highest BCUT2D eigenvalue weighted by Gasteiger charge is 2.31. The van der Waals surface area contributed by atoms with Crippen molar-refractivity contribution in [2.45, 2.75) is 18.7 Å². The van der Waals surface area contributed by atoms with Crippen molar-refractivity contribution in [3.05, 3.63) is 65.2 Å². The molecule has 0 aliphatic carbocycles. The van der Waals surface area contributed by atoms with Gasteiger partial charge >= 0.3 is 6.18 Å². The molecule has 1 atom stereocenters. The molecular formula is C18H16F3NO4S. The van der Waals surface area contributed by atoms with Crippen LogP contribution in [0, 0.1) is 11.3 Å². The maximum absolute atomic E-state index is 13.0. The first-order valence-electron chi connectivity index (χ1n) is 7.77. The highest BCUT2D eigenvalue weighted by atomic mass is 32.2. The van der Waals surface area contributed by atoms with Crippen LogP contribution in [0.25, 0.3) is 0 Å². The summed E-state index contributed by atoms with van der Waals surface area (Å²) in [5.41, 5.74) is -0.206. The molecule has 0 heterocycles.